The number of hydrogen-bond donors (Lipinski definition) is 1. The SMILES string of the molecule is CCCS(=O)(=O)N1CC(=O)N(c2cc(C)cc(C)c2)[C@@](C)(C(=O)NC2CCCCC2)C1. The summed E-state index contributed by atoms with van der Waals surface area (Å²) in [5, 5.41) is 3.13. The summed E-state index contributed by atoms with van der Waals surface area (Å²) < 4.78 is 26.8. The van der Waals surface area contributed by atoms with Gasteiger partial charge in [0.15, 0.2) is 0 Å². The fraction of sp³-hybridized carbons (Fsp3) is 0.652. The molecule has 0 bridgehead atoms. The zero-order valence-corrected chi connectivity index (χ0v) is 19.9. The van der Waals surface area contributed by atoms with Gasteiger partial charge in [-0.25, -0.2) is 8.42 Å². The largest absolute Gasteiger partial charge is 0.351 e. The van der Waals surface area contributed by atoms with Crippen molar-refractivity contribution < 1.29 is 18.0 Å². The molecule has 0 unspecified atom stereocenters. The predicted octanol–water partition coefficient (Wildman–Crippen LogP) is 2.90. The van der Waals surface area contributed by atoms with Crippen LogP contribution in [0, 0.1) is 13.8 Å². The van der Waals surface area contributed by atoms with Crippen molar-refractivity contribution in [3.05, 3.63) is 29.3 Å². The van der Waals surface area contributed by atoms with Crippen molar-refractivity contribution in [2.24, 2.45) is 0 Å². The van der Waals surface area contributed by atoms with Crippen LogP contribution in [0.15, 0.2) is 18.2 Å². The first-order chi connectivity index (χ1) is 14.6. The van der Waals surface area contributed by atoms with Crippen LogP contribution in [0.1, 0.15) is 63.5 Å². The third-order valence-corrected chi connectivity index (χ3v) is 8.26. The molecule has 7 nitrogen and oxygen atoms in total. The number of nitrogens with zero attached hydrogens (tertiary/aromatic N) is 2. The zero-order valence-electron chi connectivity index (χ0n) is 19.1. The van der Waals surface area contributed by atoms with Gasteiger partial charge >= 0.3 is 0 Å². The van der Waals surface area contributed by atoms with Crippen LogP contribution in [0.3, 0.4) is 0 Å². The Morgan fingerprint density at radius 3 is 2.32 bits per heavy atom. The highest BCUT2D eigenvalue weighted by Gasteiger charge is 2.51. The quantitative estimate of drug-likeness (QED) is 0.723. The number of aryl methyl sites for hydroxylation is 2. The lowest BCUT2D eigenvalue weighted by atomic mass is 9.91. The topological polar surface area (TPSA) is 86.8 Å². The second kappa shape index (κ2) is 9.28. The average Bonchev–Trinajstić information content (AvgIpc) is 2.67. The van der Waals surface area contributed by atoms with Gasteiger partial charge in [0.25, 0.3) is 0 Å². The Balaban J connectivity index is 2.01. The van der Waals surface area contributed by atoms with E-state index in [0.717, 1.165) is 36.8 Å². The minimum absolute atomic E-state index is 0.0375. The van der Waals surface area contributed by atoms with E-state index in [4.69, 9.17) is 0 Å². The highest BCUT2D eigenvalue weighted by Crippen LogP contribution is 2.33. The number of amides is 2. The van der Waals surface area contributed by atoms with Crippen LogP contribution in [0.5, 0.6) is 0 Å². The third kappa shape index (κ3) is 5.12. The monoisotopic (exact) mass is 449 g/mol. The number of piperazine rings is 1. The van der Waals surface area contributed by atoms with Gasteiger partial charge in [0, 0.05) is 18.3 Å². The fourth-order valence-corrected chi connectivity index (χ4v) is 6.35. The Bertz CT molecular complexity index is 920. The van der Waals surface area contributed by atoms with E-state index in [1.165, 1.54) is 15.6 Å². The van der Waals surface area contributed by atoms with Crippen molar-refractivity contribution in [1.82, 2.24) is 9.62 Å². The molecule has 31 heavy (non-hydrogen) atoms. The van der Waals surface area contributed by atoms with Crippen LogP contribution in [0.25, 0.3) is 0 Å². The molecule has 172 valence electrons. The van der Waals surface area contributed by atoms with Gasteiger partial charge in [-0.1, -0.05) is 32.3 Å². The van der Waals surface area contributed by atoms with Gasteiger partial charge in [0.2, 0.25) is 21.8 Å². The molecule has 1 aromatic carbocycles. The summed E-state index contributed by atoms with van der Waals surface area (Å²) in [5.41, 5.74) is 1.28. The third-order valence-electron chi connectivity index (χ3n) is 6.29. The Labute approximate surface area is 186 Å². The highest BCUT2D eigenvalue weighted by atomic mass is 32.2. The van der Waals surface area contributed by atoms with Crippen molar-refractivity contribution in [1.29, 1.82) is 0 Å². The minimum Gasteiger partial charge on any atom is -0.351 e. The van der Waals surface area contributed by atoms with E-state index >= 15 is 0 Å². The maximum atomic E-state index is 13.6. The molecule has 2 aliphatic rings. The standard InChI is InChI=1S/C23H35N3O4S/c1-5-11-31(29,30)25-15-21(27)26(20-13-17(2)12-18(3)14-20)23(4,16-25)22(28)24-19-9-7-6-8-10-19/h12-14,19H,5-11,15-16H2,1-4H3,(H,24,28)/t23-/m1/s1. The normalized spacial score (nSPS) is 23.7. The van der Waals surface area contributed by atoms with Crippen molar-refractivity contribution in [2.75, 3.05) is 23.7 Å². The molecule has 1 aliphatic heterocycles. The molecule has 1 saturated heterocycles. The first-order valence-electron chi connectivity index (χ1n) is 11.3. The molecule has 1 atom stereocenters. The molecule has 2 fully saturated rings. The summed E-state index contributed by atoms with van der Waals surface area (Å²) in [7, 11) is -3.62. The molecule has 1 heterocycles. The Morgan fingerprint density at radius 1 is 1.13 bits per heavy atom. The Hall–Kier alpha value is -1.93. The van der Waals surface area contributed by atoms with Crippen LogP contribution in [-0.2, 0) is 19.6 Å². The second-order valence-corrected chi connectivity index (χ2v) is 11.3. The van der Waals surface area contributed by atoms with Gasteiger partial charge in [-0.3, -0.25) is 14.5 Å². The van der Waals surface area contributed by atoms with Gasteiger partial charge < -0.3 is 5.32 Å². The summed E-state index contributed by atoms with van der Waals surface area (Å²) in [6.45, 7) is 7.08. The highest BCUT2D eigenvalue weighted by molar-refractivity contribution is 7.89. The Kier molecular flexibility index (Phi) is 7.11. The maximum Gasteiger partial charge on any atom is 0.247 e. The number of carbonyl (C=O) groups excluding carboxylic acids is 2. The molecule has 1 aromatic rings. The van der Waals surface area contributed by atoms with E-state index in [1.807, 2.05) is 32.0 Å². The van der Waals surface area contributed by atoms with Crippen LogP contribution in [-0.4, -0.2) is 55.0 Å². The van der Waals surface area contributed by atoms with Crippen LogP contribution < -0.4 is 10.2 Å². The van der Waals surface area contributed by atoms with Crippen molar-refractivity contribution in [2.45, 2.75) is 77.8 Å². The molecule has 1 saturated carbocycles. The number of anilines is 1. The molecule has 0 spiro atoms. The zero-order chi connectivity index (χ0) is 22.8. The van der Waals surface area contributed by atoms with Crippen molar-refractivity contribution in [3.8, 4) is 0 Å². The first-order valence-corrected chi connectivity index (χ1v) is 12.9. The summed E-state index contributed by atoms with van der Waals surface area (Å²) in [6, 6.07) is 5.84. The van der Waals surface area contributed by atoms with E-state index in [1.54, 1.807) is 13.8 Å². The van der Waals surface area contributed by atoms with Crippen LogP contribution in [0.4, 0.5) is 5.69 Å². The fourth-order valence-electron chi connectivity index (χ4n) is 4.82. The Morgan fingerprint density at radius 2 is 1.74 bits per heavy atom. The lowest BCUT2D eigenvalue weighted by molar-refractivity contribution is -0.133. The second-order valence-electron chi connectivity index (χ2n) is 9.24. The van der Waals surface area contributed by atoms with Gasteiger partial charge in [-0.15, -0.1) is 0 Å². The average molecular weight is 450 g/mol. The van der Waals surface area contributed by atoms with Crippen molar-refractivity contribution >= 4 is 27.5 Å². The van der Waals surface area contributed by atoms with Gasteiger partial charge in [0.1, 0.15) is 5.54 Å². The van der Waals surface area contributed by atoms with E-state index in [0.29, 0.717) is 12.1 Å². The number of carbonyl (C=O) groups is 2. The van der Waals surface area contributed by atoms with Crippen molar-refractivity contribution in [3.63, 3.8) is 0 Å². The number of hydrogen-bond acceptors (Lipinski definition) is 4. The lowest BCUT2D eigenvalue weighted by Gasteiger charge is -2.47. The summed E-state index contributed by atoms with van der Waals surface area (Å²) in [6.07, 6.45) is 5.59. The summed E-state index contributed by atoms with van der Waals surface area (Å²) >= 11 is 0. The van der Waals surface area contributed by atoms with Gasteiger partial charge in [-0.05, 0) is 63.3 Å². The van der Waals surface area contributed by atoms with E-state index < -0.39 is 15.6 Å². The first kappa shape index (κ1) is 23.7. The number of benzene rings is 1. The predicted molar refractivity (Wildman–Crippen MR) is 122 cm³/mol. The number of nitrogens with one attached hydrogen (secondary N) is 1. The van der Waals surface area contributed by atoms with Gasteiger partial charge in [-0.2, -0.15) is 4.31 Å². The molecular weight excluding hydrogens is 414 g/mol. The van der Waals surface area contributed by atoms with Gasteiger partial charge in [0.05, 0.1) is 12.3 Å². The van der Waals surface area contributed by atoms with Crippen LogP contribution in [0.2, 0.25) is 0 Å². The molecule has 2 amide bonds. The lowest BCUT2D eigenvalue weighted by Crippen LogP contribution is -2.71. The molecule has 8 heteroatoms. The summed E-state index contributed by atoms with van der Waals surface area (Å²) in [5.74, 6) is -0.704. The van der Waals surface area contributed by atoms with E-state index in [-0.39, 0.29) is 36.7 Å². The van der Waals surface area contributed by atoms with E-state index in [9.17, 15) is 18.0 Å². The molecule has 1 aliphatic carbocycles. The summed E-state index contributed by atoms with van der Waals surface area (Å²) in [4.78, 5) is 28.4. The molecule has 0 radical (unpaired) electrons. The molecule has 3 rings (SSSR count). The molecule has 1 N–H and O–H groups in total. The number of sulfonamides is 1. The molecule has 0 aromatic heterocycles. The minimum atomic E-state index is -3.62. The van der Waals surface area contributed by atoms with E-state index in [2.05, 4.69) is 5.32 Å². The number of rotatable bonds is 6. The molecular formula is C23H35N3O4S. The van der Waals surface area contributed by atoms with Crippen LogP contribution >= 0.6 is 0 Å². The maximum absolute atomic E-state index is 13.6. The smallest absolute Gasteiger partial charge is 0.247 e.